The van der Waals surface area contributed by atoms with Crippen molar-refractivity contribution in [1.82, 2.24) is 10.3 Å². The van der Waals surface area contributed by atoms with Gasteiger partial charge in [-0.05, 0) is 42.3 Å². The normalized spacial score (nSPS) is 10.1. The first-order valence-corrected chi connectivity index (χ1v) is 5.70. The molecule has 4 nitrogen and oxygen atoms in total. The minimum absolute atomic E-state index is 0.114. The molecular formula is C14H15N3O. The molecule has 0 bridgehead atoms. The number of nitrogens with one attached hydrogen (secondary N) is 1. The molecule has 0 saturated carbocycles. The van der Waals surface area contributed by atoms with Gasteiger partial charge in [-0.25, -0.2) is 0 Å². The smallest absolute Gasteiger partial charge is 0.251 e. The van der Waals surface area contributed by atoms with E-state index in [4.69, 9.17) is 5.73 Å². The van der Waals surface area contributed by atoms with Gasteiger partial charge in [-0.15, -0.1) is 0 Å². The molecule has 18 heavy (non-hydrogen) atoms. The molecule has 0 aliphatic heterocycles. The van der Waals surface area contributed by atoms with Crippen LogP contribution in [0, 0.1) is 6.92 Å². The summed E-state index contributed by atoms with van der Waals surface area (Å²) in [6, 6.07) is 9.06. The molecule has 0 atom stereocenters. The van der Waals surface area contributed by atoms with E-state index in [1.165, 1.54) is 0 Å². The van der Waals surface area contributed by atoms with Crippen molar-refractivity contribution in [3.8, 4) is 0 Å². The second-order valence-electron chi connectivity index (χ2n) is 4.11. The summed E-state index contributed by atoms with van der Waals surface area (Å²) in [5.74, 6) is -0.114. The SMILES string of the molecule is Cc1ccc(N)cc1C(=O)NCc1ccncc1. The van der Waals surface area contributed by atoms with E-state index in [1.807, 2.05) is 25.1 Å². The van der Waals surface area contributed by atoms with Crippen LogP contribution in [-0.4, -0.2) is 10.9 Å². The second kappa shape index (κ2) is 5.31. The van der Waals surface area contributed by atoms with E-state index in [0.29, 0.717) is 17.8 Å². The molecule has 2 aromatic rings. The lowest BCUT2D eigenvalue weighted by molar-refractivity contribution is 0.0950. The molecule has 0 unspecified atom stereocenters. The van der Waals surface area contributed by atoms with Crippen LogP contribution in [0.4, 0.5) is 5.69 Å². The quantitative estimate of drug-likeness (QED) is 0.806. The first-order valence-electron chi connectivity index (χ1n) is 5.70. The number of nitrogen functional groups attached to an aromatic ring is 1. The zero-order chi connectivity index (χ0) is 13.0. The second-order valence-corrected chi connectivity index (χ2v) is 4.11. The summed E-state index contributed by atoms with van der Waals surface area (Å²) in [6.45, 7) is 2.37. The summed E-state index contributed by atoms with van der Waals surface area (Å²) in [6.07, 6.45) is 3.40. The van der Waals surface area contributed by atoms with Crippen molar-refractivity contribution in [3.05, 3.63) is 59.4 Å². The predicted molar refractivity (Wildman–Crippen MR) is 71.0 cm³/mol. The topological polar surface area (TPSA) is 68.0 Å². The summed E-state index contributed by atoms with van der Waals surface area (Å²) in [7, 11) is 0. The number of nitrogens with two attached hydrogens (primary N) is 1. The zero-order valence-corrected chi connectivity index (χ0v) is 10.2. The van der Waals surface area contributed by atoms with Crippen LogP contribution in [0.25, 0.3) is 0 Å². The third kappa shape index (κ3) is 2.85. The van der Waals surface area contributed by atoms with Crippen molar-refractivity contribution in [3.63, 3.8) is 0 Å². The van der Waals surface area contributed by atoms with Crippen molar-refractivity contribution in [2.75, 3.05) is 5.73 Å². The van der Waals surface area contributed by atoms with Crippen LogP contribution in [-0.2, 0) is 6.54 Å². The summed E-state index contributed by atoms with van der Waals surface area (Å²) in [5.41, 5.74) is 8.82. The first kappa shape index (κ1) is 12.1. The highest BCUT2D eigenvalue weighted by Gasteiger charge is 2.08. The number of rotatable bonds is 3. The average Bonchev–Trinajstić information content (AvgIpc) is 2.40. The van der Waals surface area contributed by atoms with Crippen LogP contribution in [0.1, 0.15) is 21.5 Å². The van der Waals surface area contributed by atoms with Gasteiger partial charge in [0.15, 0.2) is 0 Å². The Kier molecular flexibility index (Phi) is 3.57. The molecular weight excluding hydrogens is 226 g/mol. The van der Waals surface area contributed by atoms with E-state index in [9.17, 15) is 4.79 Å². The Balaban J connectivity index is 2.06. The summed E-state index contributed by atoms with van der Waals surface area (Å²) < 4.78 is 0. The first-order chi connectivity index (χ1) is 8.66. The lowest BCUT2D eigenvalue weighted by Crippen LogP contribution is -2.23. The van der Waals surface area contributed by atoms with E-state index < -0.39 is 0 Å². The van der Waals surface area contributed by atoms with Crippen LogP contribution in [0.5, 0.6) is 0 Å². The number of aryl methyl sites for hydroxylation is 1. The highest BCUT2D eigenvalue weighted by molar-refractivity contribution is 5.96. The minimum atomic E-state index is -0.114. The fourth-order valence-electron chi connectivity index (χ4n) is 1.66. The number of amides is 1. The van der Waals surface area contributed by atoms with Crippen molar-refractivity contribution in [1.29, 1.82) is 0 Å². The van der Waals surface area contributed by atoms with Gasteiger partial charge in [-0.3, -0.25) is 9.78 Å². The highest BCUT2D eigenvalue weighted by Crippen LogP contribution is 2.12. The Hall–Kier alpha value is -2.36. The molecule has 0 aliphatic rings. The van der Waals surface area contributed by atoms with Crippen LogP contribution in [0.2, 0.25) is 0 Å². The van der Waals surface area contributed by atoms with Crippen molar-refractivity contribution >= 4 is 11.6 Å². The molecule has 1 aromatic heterocycles. The van der Waals surface area contributed by atoms with E-state index in [0.717, 1.165) is 11.1 Å². The molecule has 4 heteroatoms. The van der Waals surface area contributed by atoms with E-state index in [-0.39, 0.29) is 5.91 Å². The Morgan fingerprint density at radius 1 is 1.28 bits per heavy atom. The monoisotopic (exact) mass is 241 g/mol. The number of pyridine rings is 1. The lowest BCUT2D eigenvalue weighted by atomic mass is 10.1. The number of benzene rings is 1. The Bertz CT molecular complexity index is 552. The molecule has 2 rings (SSSR count). The third-order valence-corrected chi connectivity index (χ3v) is 2.71. The number of hydrogen-bond donors (Lipinski definition) is 2. The van der Waals surface area contributed by atoms with Gasteiger partial charge >= 0.3 is 0 Å². The van der Waals surface area contributed by atoms with Crippen molar-refractivity contribution in [2.24, 2.45) is 0 Å². The summed E-state index contributed by atoms with van der Waals surface area (Å²) in [4.78, 5) is 15.9. The van der Waals surface area contributed by atoms with Gasteiger partial charge in [0, 0.05) is 30.2 Å². The average molecular weight is 241 g/mol. The molecule has 3 N–H and O–H groups in total. The van der Waals surface area contributed by atoms with E-state index >= 15 is 0 Å². The molecule has 1 amide bonds. The Morgan fingerprint density at radius 2 is 2.00 bits per heavy atom. The summed E-state index contributed by atoms with van der Waals surface area (Å²) in [5, 5.41) is 2.86. The Morgan fingerprint density at radius 3 is 2.72 bits per heavy atom. The third-order valence-electron chi connectivity index (χ3n) is 2.71. The number of nitrogens with zero attached hydrogens (tertiary/aromatic N) is 1. The maximum Gasteiger partial charge on any atom is 0.251 e. The summed E-state index contributed by atoms with van der Waals surface area (Å²) >= 11 is 0. The maximum absolute atomic E-state index is 12.0. The van der Waals surface area contributed by atoms with Gasteiger partial charge in [0.25, 0.3) is 5.91 Å². The van der Waals surface area contributed by atoms with Crippen LogP contribution in [0.3, 0.4) is 0 Å². The Labute approximate surface area is 106 Å². The number of hydrogen-bond acceptors (Lipinski definition) is 3. The highest BCUT2D eigenvalue weighted by atomic mass is 16.1. The molecule has 1 heterocycles. The standard InChI is InChI=1S/C14H15N3O/c1-10-2-3-12(15)8-13(10)14(18)17-9-11-4-6-16-7-5-11/h2-8H,9,15H2,1H3,(H,17,18). The van der Waals surface area contributed by atoms with Gasteiger partial charge in [-0.1, -0.05) is 6.07 Å². The van der Waals surface area contributed by atoms with Crippen molar-refractivity contribution in [2.45, 2.75) is 13.5 Å². The van der Waals surface area contributed by atoms with Gasteiger partial charge in [0.2, 0.25) is 0 Å². The van der Waals surface area contributed by atoms with Gasteiger partial charge in [0.1, 0.15) is 0 Å². The number of anilines is 1. The zero-order valence-electron chi connectivity index (χ0n) is 10.2. The maximum atomic E-state index is 12.0. The molecule has 0 saturated heterocycles. The number of carbonyl (C=O) groups is 1. The molecule has 0 fully saturated rings. The number of carbonyl (C=O) groups excluding carboxylic acids is 1. The van der Waals surface area contributed by atoms with Crippen molar-refractivity contribution < 1.29 is 4.79 Å². The number of aromatic nitrogens is 1. The van der Waals surface area contributed by atoms with Crippen LogP contribution < -0.4 is 11.1 Å². The fraction of sp³-hybridized carbons (Fsp3) is 0.143. The molecule has 0 spiro atoms. The van der Waals surface area contributed by atoms with E-state index in [2.05, 4.69) is 10.3 Å². The lowest BCUT2D eigenvalue weighted by Gasteiger charge is -2.08. The molecule has 0 aliphatic carbocycles. The minimum Gasteiger partial charge on any atom is -0.399 e. The van der Waals surface area contributed by atoms with E-state index in [1.54, 1.807) is 24.5 Å². The predicted octanol–water partition coefficient (Wildman–Crippen LogP) is 1.90. The van der Waals surface area contributed by atoms with Crippen LogP contribution >= 0.6 is 0 Å². The van der Waals surface area contributed by atoms with Gasteiger partial charge in [-0.2, -0.15) is 0 Å². The van der Waals surface area contributed by atoms with Gasteiger partial charge < -0.3 is 11.1 Å². The van der Waals surface area contributed by atoms with Crippen LogP contribution in [0.15, 0.2) is 42.7 Å². The van der Waals surface area contributed by atoms with Gasteiger partial charge in [0.05, 0.1) is 0 Å². The fourth-order valence-corrected chi connectivity index (χ4v) is 1.66. The molecule has 1 aromatic carbocycles. The largest absolute Gasteiger partial charge is 0.399 e. The molecule has 92 valence electrons. The molecule has 0 radical (unpaired) electrons.